The molecule has 2 rings (SSSR count). The summed E-state index contributed by atoms with van der Waals surface area (Å²) in [7, 11) is 0. The first-order valence-electron chi connectivity index (χ1n) is 6.29. The molecule has 0 spiro atoms. The largest absolute Gasteiger partial charge is 0.504 e. The van der Waals surface area contributed by atoms with Gasteiger partial charge in [0.25, 0.3) is 0 Å². The first-order chi connectivity index (χ1) is 8.65. The summed E-state index contributed by atoms with van der Waals surface area (Å²) in [6.45, 7) is 4.08. The highest BCUT2D eigenvalue weighted by Gasteiger charge is 2.09. The number of hydrogen-bond donors (Lipinski definition) is 2. The highest BCUT2D eigenvalue weighted by Crippen LogP contribution is 2.35. The van der Waals surface area contributed by atoms with Crippen molar-refractivity contribution in [2.24, 2.45) is 0 Å². The fourth-order valence-electron chi connectivity index (χ4n) is 2.08. The molecule has 0 saturated carbocycles. The molecule has 0 aliphatic heterocycles. The van der Waals surface area contributed by atoms with E-state index in [2.05, 4.69) is 19.1 Å². The number of aryl methyl sites for hydroxylation is 2. The first-order valence-corrected chi connectivity index (χ1v) is 6.29. The fraction of sp³-hybridized carbons (Fsp3) is 0.250. The van der Waals surface area contributed by atoms with Gasteiger partial charge in [0.2, 0.25) is 0 Å². The average Bonchev–Trinajstić information content (AvgIpc) is 2.41. The van der Waals surface area contributed by atoms with Crippen LogP contribution in [0, 0.1) is 0 Å². The SMILES string of the molecule is CCc1cccc(-c2cc(O)c(O)c(CC)c2)c1. The molecule has 0 bridgehead atoms. The molecule has 0 unspecified atom stereocenters. The lowest BCUT2D eigenvalue weighted by atomic mass is 9.98. The highest BCUT2D eigenvalue weighted by molar-refractivity contribution is 5.69. The van der Waals surface area contributed by atoms with E-state index in [1.165, 1.54) is 5.56 Å². The maximum Gasteiger partial charge on any atom is 0.160 e. The normalized spacial score (nSPS) is 10.6. The summed E-state index contributed by atoms with van der Waals surface area (Å²) >= 11 is 0. The van der Waals surface area contributed by atoms with Gasteiger partial charge in [-0.3, -0.25) is 0 Å². The third-order valence-electron chi connectivity index (χ3n) is 3.22. The van der Waals surface area contributed by atoms with E-state index in [1.807, 2.05) is 25.1 Å². The summed E-state index contributed by atoms with van der Waals surface area (Å²) in [6.07, 6.45) is 1.68. The van der Waals surface area contributed by atoms with Crippen LogP contribution < -0.4 is 0 Å². The van der Waals surface area contributed by atoms with Crippen LogP contribution in [0.3, 0.4) is 0 Å². The molecule has 2 heteroatoms. The van der Waals surface area contributed by atoms with Gasteiger partial charge in [-0.15, -0.1) is 0 Å². The van der Waals surface area contributed by atoms with E-state index in [-0.39, 0.29) is 11.5 Å². The van der Waals surface area contributed by atoms with Gasteiger partial charge in [-0.2, -0.15) is 0 Å². The Balaban J connectivity index is 2.53. The van der Waals surface area contributed by atoms with Crippen molar-refractivity contribution in [2.45, 2.75) is 26.7 Å². The summed E-state index contributed by atoms with van der Waals surface area (Å²) in [5.74, 6) is -0.0563. The van der Waals surface area contributed by atoms with Gasteiger partial charge in [0.1, 0.15) is 0 Å². The Labute approximate surface area is 108 Å². The van der Waals surface area contributed by atoms with Crippen LogP contribution in [-0.2, 0) is 12.8 Å². The second-order valence-electron chi connectivity index (χ2n) is 4.41. The van der Waals surface area contributed by atoms with Crippen LogP contribution in [0.25, 0.3) is 11.1 Å². The maximum absolute atomic E-state index is 9.75. The molecule has 0 aliphatic carbocycles. The average molecular weight is 242 g/mol. The molecular formula is C16H18O2. The van der Waals surface area contributed by atoms with Crippen molar-refractivity contribution < 1.29 is 10.2 Å². The van der Waals surface area contributed by atoms with Gasteiger partial charge in [0.05, 0.1) is 0 Å². The lowest BCUT2D eigenvalue weighted by Crippen LogP contribution is -1.87. The molecule has 2 aromatic carbocycles. The molecule has 2 aromatic rings. The first kappa shape index (κ1) is 12.5. The van der Waals surface area contributed by atoms with Crippen LogP contribution in [0.15, 0.2) is 36.4 Å². The van der Waals surface area contributed by atoms with Crippen molar-refractivity contribution >= 4 is 0 Å². The van der Waals surface area contributed by atoms with E-state index in [0.29, 0.717) is 6.42 Å². The molecule has 0 radical (unpaired) electrons. The van der Waals surface area contributed by atoms with E-state index >= 15 is 0 Å². The zero-order chi connectivity index (χ0) is 13.1. The predicted molar refractivity (Wildman–Crippen MR) is 74.0 cm³/mol. The molecule has 94 valence electrons. The Kier molecular flexibility index (Phi) is 3.56. The zero-order valence-corrected chi connectivity index (χ0v) is 10.8. The number of phenols is 2. The summed E-state index contributed by atoms with van der Waals surface area (Å²) in [5.41, 5.74) is 4.04. The van der Waals surface area contributed by atoms with Crippen LogP contribution in [0.5, 0.6) is 11.5 Å². The molecule has 0 saturated heterocycles. The van der Waals surface area contributed by atoms with Crippen LogP contribution in [0.4, 0.5) is 0 Å². The standard InChI is InChI=1S/C16H18O2/c1-3-11-6-5-7-13(8-11)14-9-12(4-2)16(18)15(17)10-14/h5-10,17-18H,3-4H2,1-2H3. The molecule has 0 aromatic heterocycles. The quantitative estimate of drug-likeness (QED) is 0.802. The number of benzene rings is 2. The third-order valence-corrected chi connectivity index (χ3v) is 3.22. The lowest BCUT2D eigenvalue weighted by Gasteiger charge is -2.09. The number of phenolic OH excluding ortho intramolecular Hbond substituents is 2. The summed E-state index contributed by atoms with van der Waals surface area (Å²) in [6, 6.07) is 11.8. The van der Waals surface area contributed by atoms with E-state index in [1.54, 1.807) is 6.07 Å². The van der Waals surface area contributed by atoms with Gasteiger partial charge in [-0.05, 0) is 47.2 Å². The van der Waals surface area contributed by atoms with Gasteiger partial charge in [0.15, 0.2) is 11.5 Å². The van der Waals surface area contributed by atoms with Crippen LogP contribution in [0.1, 0.15) is 25.0 Å². The summed E-state index contributed by atoms with van der Waals surface area (Å²) in [5, 5.41) is 19.5. The third kappa shape index (κ3) is 2.33. The van der Waals surface area contributed by atoms with E-state index in [9.17, 15) is 10.2 Å². The number of aromatic hydroxyl groups is 2. The van der Waals surface area contributed by atoms with E-state index in [0.717, 1.165) is 23.1 Å². The second-order valence-corrected chi connectivity index (χ2v) is 4.41. The maximum atomic E-state index is 9.75. The van der Waals surface area contributed by atoms with Gasteiger partial charge in [-0.1, -0.05) is 38.1 Å². The molecule has 0 amide bonds. The molecule has 18 heavy (non-hydrogen) atoms. The van der Waals surface area contributed by atoms with Crippen molar-refractivity contribution in [3.8, 4) is 22.6 Å². The van der Waals surface area contributed by atoms with Crippen LogP contribution >= 0.6 is 0 Å². The Morgan fingerprint density at radius 3 is 2.33 bits per heavy atom. The number of hydrogen-bond acceptors (Lipinski definition) is 2. The minimum Gasteiger partial charge on any atom is -0.504 e. The lowest BCUT2D eigenvalue weighted by molar-refractivity contribution is 0.400. The fourth-order valence-corrected chi connectivity index (χ4v) is 2.08. The summed E-state index contributed by atoms with van der Waals surface area (Å²) < 4.78 is 0. The van der Waals surface area contributed by atoms with E-state index < -0.39 is 0 Å². The molecular weight excluding hydrogens is 224 g/mol. The van der Waals surface area contributed by atoms with Crippen molar-refractivity contribution in [3.05, 3.63) is 47.5 Å². The number of rotatable bonds is 3. The summed E-state index contributed by atoms with van der Waals surface area (Å²) in [4.78, 5) is 0. The van der Waals surface area contributed by atoms with Gasteiger partial charge < -0.3 is 10.2 Å². The van der Waals surface area contributed by atoms with Gasteiger partial charge >= 0.3 is 0 Å². The highest BCUT2D eigenvalue weighted by atomic mass is 16.3. The van der Waals surface area contributed by atoms with E-state index in [4.69, 9.17) is 0 Å². The minimum atomic E-state index is -0.0498. The Morgan fingerprint density at radius 1 is 0.889 bits per heavy atom. The van der Waals surface area contributed by atoms with Crippen LogP contribution in [-0.4, -0.2) is 10.2 Å². The molecule has 0 fully saturated rings. The van der Waals surface area contributed by atoms with Crippen molar-refractivity contribution in [1.29, 1.82) is 0 Å². The van der Waals surface area contributed by atoms with Gasteiger partial charge in [0, 0.05) is 0 Å². The Bertz CT molecular complexity index is 559. The smallest absolute Gasteiger partial charge is 0.160 e. The van der Waals surface area contributed by atoms with Crippen molar-refractivity contribution in [1.82, 2.24) is 0 Å². The Morgan fingerprint density at radius 2 is 1.67 bits per heavy atom. The predicted octanol–water partition coefficient (Wildman–Crippen LogP) is 3.89. The zero-order valence-electron chi connectivity index (χ0n) is 10.8. The van der Waals surface area contributed by atoms with Crippen LogP contribution in [0.2, 0.25) is 0 Å². The Hall–Kier alpha value is -1.96. The minimum absolute atomic E-state index is 0.00658. The topological polar surface area (TPSA) is 40.5 Å². The molecule has 0 atom stereocenters. The van der Waals surface area contributed by atoms with Crippen molar-refractivity contribution in [3.63, 3.8) is 0 Å². The molecule has 2 nitrogen and oxygen atoms in total. The molecule has 0 heterocycles. The second kappa shape index (κ2) is 5.13. The monoisotopic (exact) mass is 242 g/mol. The molecule has 0 aliphatic rings. The molecule has 2 N–H and O–H groups in total. The van der Waals surface area contributed by atoms with Crippen molar-refractivity contribution in [2.75, 3.05) is 0 Å². The van der Waals surface area contributed by atoms with Gasteiger partial charge in [-0.25, -0.2) is 0 Å².